The Morgan fingerprint density at radius 3 is 1.97 bits per heavy atom. The quantitative estimate of drug-likeness (QED) is 0.0237. The molecule has 1 aromatic rings. The van der Waals surface area contributed by atoms with Gasteiger partial charge in [0.05, 0.1) is 19.2 Å². The molecule has 0 aromatic heterocycles. The Labute approximate surface area is 438 Å². The van der Waals surface area contributed by atoms with Crippen LogP contribution in [0.1, 0.15) is 106 Å². The number of guanidine groups is 1. The minimum absolute atomic E-state index is 0.0594. The summed E-state index contributed by atoms with van der Waals surface area (Å²) in [5.74, 6) is -7.82. The molecular weight excluding hydrogens is 982 g/mol. The molecule has 10 amide bonds. The number of aliphatic imine (C=N–C) groups is 1. The lowest BCUT2D eigenvalue weighted by atomic mass is 9.96. The Morgan fingerprint density at radius 1 is 0.784 bits per heavy atom. The highest BCUT2D eigenvalue weighted by Gasteiger charge is 2.40. The van der Waals surface area contributed by atoms with Crippen molar-refractivity contribution in [2.45, 2.75) is 155 Å². The maximum atomic E-state index is 14.2. The second-order valence-corrected chi connectivity index (χ2v) is 19.3. The van der Waals surface area contributed by atoms with Crippen molar-refractivity contribution in [1.82, 2.24) is 52.3 Å². The van der Waals surface area contributed by atoms with Crippen LogP contribution in [-0.2, 0) is 54.4 Å². The lowest BCUT2D eigenvalue weighted by Gasteiger charge is -2.31. The molecule has 24 nitrogen and oxygen atoms in total. The minimum atomic E-state index is -1.69. The van der Waals surface area contributed by atoms with E-state index in [1.165, 1.54) is 25.8 Å². The number of likely N-dealkylation sites (tertiary alicyclic amines) is 1. The summed E-state index contributed by atoms with van der Waals surface area (Å²) in [5.41, 5.74) is 11.5. The minimum Gasteiger partial charge on any atom is -0.391 e. The van der Waals surface area contributed by atoms with Crippen molar-refractivity contribution >= 4 is 76.6 Å². The van der Waals surface area contributed by atoms with Crippen LogP contribution >= 0.6 is 11.6 Å². The number of nitrogens with one attached hydrogen (secondary N) is 8. The predicted molar refractivity (Wildman–Crippen MR) is 277 cm³/mol. The van der Waals surface area contributed by atoms with Crippen LogP contribution in [0.25, 0.3) is 0 Å². The van der Waals surface area contributed by atoms with E-state index in [-0.39, 0.29) is 56.5 Å². The molecule has 13 N–H and O–H groups in total. The number of benzene rings is 1. The first-order valence-corrected chi connectivity index (χ1v) is 25.6. The summed E-state index contributed by atoms with van der Waals surface area (Å²) in [7, 11) is 1.41. The van der Waals surface area contributed by atoms with Gasteiger partial charge in [0.25, 0.3) is 0 Å². The Kier molecular flexibility index (Phi) is 27.4. The Balaban J connectivity index is 2.37. The van der Waals surface area contributed by atoms with Gasteiger partial charge in [-0.2, -0.15) is 0 Å². The summed E-state index contributed by atoms with van der Waals surface area (Å²) in [4.78, 5) is 141. The molecule has 1 saturated heterocycles. The molecule has 1 heterocycles. The van der Waals surface area contributed by atoms with Crippen molar-refractivity contribution in [2.24, 2.45) is 28.3 Å². The Hall–Kier alpha value is -6.56. The molecule has 1 aromatic carbocycles. The van der Waals surface area contributed by atoms with Crippen LogP contribution in [0.3, 0.4) is 0 Å². The summed E-state index contributed by atoms with van der Waals surface area (Å²) in [6.07, 6.45) is 0.520. The van der Waals surface area contributed by atoms with Crippen molar-refractivity contribution < 1.29 is 53.1 Å². The average Bonchev–Trinajstić information content (AvgIpc) is 3.83. The van der Waals surface area contributed by atoms with Crippen LogP contribution in [0.4, 0.5) is 0 Å². The SMILES string of the molecule is CCC[C@H](NC(=O)[C@@H](NC(=O)[C@@H](Cc1cccc(Cl)c1)NC(=O)[C@@H](NC(=O)CNC(=O)CN(C)C(C)=O)C(C)C)[C@@H](C)O)C(=O)N[C@H](C(=O)N[C@@H](CCCN=C(N)N)C(=O)N1CCC[C@H]1C(=O)NCC)[C@@H](C)CC. The van der Waals surface area contributed by atoms with Gasteiger partial charge < -0.3 is 68.9 Å². The fourth-order valence-electron chi connectivity index (χ4n) is 7.94. The van der Waals surface area contributed by atoms with E-state index in [9.17, 15) is 53.1 Å². The van der Waals surface area contributed by atoms with E-state index in [4.69, 9.17) is 23.1 Å². The van der Waals surface area contributed by atoms with Crippen molar-refractivity contribution in [2.75, 3.05) is 39.8 Å². The fraction of sp³-hybridized carbons (Fsp3) is 0.653. The largest absolute Gasteiger partial charge is 0.391 e. The van der Waals surface area contributed by atoms with Gasteiger partial charge in [-0.3, -0.25) is 52.9 Å². The second-order valence-electron chi connectivity index (χ2n) is 18.9. The summed E-state index contributed by atoms with van der Waals surface area (Å²) < 4.78 is 0. The molecule has 9 atom stereocenters. The first-order chi connectivity index (χ1) is 34.8. The van der Waals surface area contributed by atoms with Crippen molar-refractivity contribution in [3.63, 3.8) is 0 Å². The number of hydrogen-bond donors (Lipinski definition) is 11. The molecule has 25 heteroatoms. The van der Waals surface area contributed by atoms with Crippen molar-refractivity contribution in [3.05, 3.63) is 34.9 Å². The highest BCUT2D eigenvalue weighted by Crippen LogP contribution is 2.21. The number of amides is 10. The monoisotopic (exact) mass is 1060 g/mol. The van der Waals surface area contributed by atoms with Gasteiger partial charge in [0.2, 0.25) is 59.1 Å². The molecule has 0 saturated carbocycles. The first-order valence-electron chi connectivity index (χ1n) is 25.2. The van der Waals surface area contributed by atoms with E-state index < -0.39 is 114 Å². The number of hydrogen-bond acceptors (Lipinski definition) is 12. The molecule has 0 unspecified atom stereocenters. The smallest absolute Gasteiger partial charge is 0.245 e. The zero-order chi connectivity index (χ0) is 55.8. The molecule has 1 fully saturated rings. The molecule has 1 aliphatic rings. The third-order valence-corrected chi connectivity index (χ3v) is 12.6. The zero-order valence-corrected chi connectivity index (χ0v) is 44.9. The van der Waals surface area contributed by atoms with Crippen LogP contribution in [0, 0.1) is 11.8 Å². The van der Waals surface area contributed by atoms with E-state index in [0.717, 1.165) is 4.90 Å². The molecule has 0 aliphatic carbocycles. The maximum Gasteiger partial charge on any atom is 0.245 e. The molecule has 74 heavy (non-hydrogen) atoms. The fourth-order valence-corrected chi connectivity index (χ4v) is 8.16. The Bertz CT molecular complexity index is 2140. The number of rotatable bonds is 30. The number of aliphatic hydroxyl groups is 1. The summed E-state index contributed by atoms with van der Waals surface area (Å²) in [6.45, 7) is 12.9. The lowest BCUT2D eigenvalue weighted by molar-refractivity contribution is -0.142. The maximum absolute atomic E-state index is 14.2. The van der Waals surface area contributed by atoms with Crippen LogP contribution in [0.5, 0.6) is 0 Å². The van der Waals surface area contributed by atoms with Gasteiger partial charge in [-0.05, 0) is 75.5 Å². The van der Waals surface area contributed by atoms with Gasteiger partial charge in [-0.25, -0.2) is 0 Å². The number of carbonyl (C=O) groups is 10. The summed E-state index contributed by atoms with van der Waals surface area (Å²) >= 11 is 6.25. The number of nitrogens with two attached hydrogens (primary N) is 2. The lowest BCUT2D eigenvalue weighted by Crippen LogP contribution is -2.62. The average molecular weight is 1060 g/mol. The standard InChI is InChI=1S/C49H80ClN13O11/c1-10-16-33(42(68)60-40(28(6)11-2)46(72)57-34(19-14-21-54-49(51)52)48(74)63-22-15-20-36(63)44(70)53-12-3)56-47(73)41(29(7)64)61-43(69)35(24-31-17-13-18-32(50)23-31)58-45(71)39(27(4)5)59-37(66)25-55-38(67)26-62(9)30(8)65/h13,17-18,23,27-29,33-36,39-41,64H,10-12,14-16,19-22,24-26H2,1-9H3,(H,53,70)(H,55,67)(H,56,73)(H,57,72)(H,58,71)(H,59,66)(H,60,68)(H,61,69)(H4,51,52,54)/t28-,29+,33-,34-,35+,36-,39-,40-,41-/m0/s1. The predicted octanol–water partition coefficient (Wildman–Crippen LogP) is -1.55. The van der Waals surface area contributed by atoms with E-state index >= 15 is 0 Å². The molecule has 2 rings (SSSR count). The van der Waals surface area contributed by atoms with Gasteiger partial charge in [-0.15, -0.1) is 0 Å². The van der Waals surface area contributed by atoms with Crippen LogP contribution in [0.15, 0.2) is 29.3 Å². The highest BCUT2D eigenvalue weighted by atomic mass is 35.5. The first kappa shape index (κ1) is 63.6. The number of aliphatic hydroxyl groups excluding tert-OH is 1. The Morgan fingerprint density at radius 2 is 1.39 bits per heavy atom. The second kappa shape index (κ2) is 31.9. The molecule has 1 aliphatic heterocycles. The van der Waals surface area contributed by atoms with Crippen molar-refractivity contribution in [3.8, 4) is 0 Å². The topological polar surface area (TPSA) is 358 Å². The van der Waals surface area contributed by atoms with Gasteiger partial charge in [0.15, 0.2) is 5.96 Å². The van der Waals surface area contributed by atoms with Gasteiger partial charge in [-0.1, -0.05) is 71.2 Å². The van der Waals surface area contributed by atoms with Crippen LogP contribution in [0.2, 0.25) is 5.02 Å². The van der Waals surface area contributed by atoms with Gasteiger partial charge >= 0.3 is 0 Å². The highest BCUT2D eigenvalue weighted by molar-refractivity contribution is 6.30. The van der Waals surface area contributed by atoms with Crippen LogP contribution in [-0.4, -0.2) is 168 Å². The van der Waals surface area contributed by atoms with Gasteiger partial charge in [0, 0.05) is 45.0 Å². The van der Waals surface area contributed by atoms with Crippen molar-refractivity contribution in [1.29, 1.82) is 0 Å². The molecule has 414 valence electrons. The number of likely N-dealkylation sites (N-methyl/N-ethyl adjacent to an activating group) is 2. The summed E-state index contributed by atoms with van der Waals surface area (Å²) in [6, 6.07) is -2.25. The van der Waals surface area contributed by atoms with E-state index in [0.29, 0.717) is 49.4 Å². The van der Waals surface area contributed by atoms with Crippen LogP contribution < -0.4 is 54.0 Å². The number of nitrogens with zero attached hydrogens (tertiary/aromatic N) is 3. The molecular formula is C49H80ClN13O11. The van der Waals surface area contributed by atoms with E-state index in [1.807, 2.05) is 0 Å². The molecule has 0 radical (unpaired) electrons. The third-order valence-electron chi connectivity index (χ3n) is 12.4. The molecule has 0 bridgehead atoms. The van der Waals surface area contributed by atoms with E-state index in [1.54, 1.807) is 65.8 Å². The van der Waals surface area contributed by atoms with Gasteiger partial charge in [0.1, 0.15) is 42.3 Å². The number of halogens is 1. The third kappa shape index (κ3) is 21.1. The van der Waals surface area contributed by atoms with E-state index in [2.05, 4.69) is 47.5 Å². The summed E-state index contributed by atoms with van der Waals surface area (Å²) in [5, 5.41) is 32.3. The zero-order valence-electron chi connectivity index (χ0n) is 44.2. The molecule has 0 spiro atoms. The normalized spacial score (nSPS) is 16.3. The number of carbonyl (C=O) groups excluding carboxylic acids is 10.